The van der Waals surface area contributed by atoms with E-state index in [0.29, 0.717) is 4.90 Å². The maximum absolute atomic E-state index is 14.1. The fourth-order valence-electron chi connectivity index (χ4n) is 2.46. The van der Waals surface area contributed by atoms with Crippen LogP contribution >= 0.6 is 0 Å². The van der Waals surface area contributed by atoms with Crippen molar-refractivity contribution in [2.24, 2.45) is 0 Å². The first-order valence-corrected chi connectivity index (χ1v) is 8.91. The molecule has 0 amide bonds. The molecule has 0 aromatic heterocycles. The van der Waals surface area contributed by atoms with Crippen molar-refractivity contribution in [3.8, 4) is 0 Å². The largest absolute Gasteiger partial charge is 0.207 e. The Morgan fingerprint density at radius 2 is 0.885 bits per heavy atom. The summed E-state index contributed by atoms with van der Waals surface area (Å²) >= 11 is 0. The first-order chi connectivity index (χ1) is 12.3. The zero-order valence-electron chi connectivity index (χ0n) is 13.9. The van der Waals surface area contributed by atoms with E-state index < -0.39 is 40.0 Å². The van der Waals surface area contributed by atoms with Gasteiger partial charge < -0.3 is 0 Å². The Kier molecular flexibility index (Phi) is 5.05. The standard InChI is InChI=1S/C20H14F5S/c1-11-17(22)7-15(8-18(11)23)26(14-5-3-13(21)4-6-14)16-9-19(24)12(2)20(25)10-16/h3-10H,1-2H3/q+1. The molecule has 0 aliphatic heterocycles. The third-order valence-electron chi connectivity index (χ3n) is 4.03. The number of benzene rings is 3. The fourth-order valence-corrected chi connectivity index (χ4v) is 4.57. The lowest BCUT2D eigenvalue weighted by Gasteiger charge is -2.10. The Labute approximate surface area is 150 Å². The molecule has 3 aromatic rings. The van der Waals surface area contributed by atoms with Crippen LogP contribution in [0.5, 0.6) is 0 Å². The summed E-state index contributed by atoms with van der Waals surface area (Å²) in [6.07, 6.45) is 0. The maximum atomic E-state index is 14.1. The lowest BCUT2D eigenvalue weighted by atomic mass is 10.2. The van der Waals surface area contributed by atoms with Crippen LogP contribution in [0, 0.1) is 42.9 Å². The SMILES string of the molecule is Cc1c(F)cc([S+](c2ccc(F)cc2)c2cc(F)c(C)c(F)c2)cc1F. The second-order valence-corrected chi connectivity index (χ2v) is 7.81. The van der Waals surface area contributed by atoms with Crippen molar-refractivity contribution in [2.45, 2.75) is 28.5 Å². The molecule has 0 spiro atoms. The monoisotopic (exact) mass is 381 g/mol. The van der Waals surface area contributed by atoms with Crippen molar-refractivity contribution < 1.29 is 22.0 Å². The summed E-state index contributed by atoms with van der Waals surface area (Å²) in [5, 5.41) is 0. The molecular weight excluding hydrogens is 367 g/mol. The summed E-state index contributed by atoms with van der Waals surface area (Å²) < 4.78 is 69.6. The zero-order valence-corrected chi connectivity index (χ0v) is 14.7. The Morgan fingerprint density at radius 1 is 0.538 bits per heavy atom. The molecule has 0 aliphatic rings. The van der Waals surface area contributed by atoms with E-state index in [1.165, 1.54) is 38.1 Å². The summed E-state index contributed by atoms with van der Waals surface area (Å²) in [7, 11) is -1.21. The minimum atomic E-state index is -1.21. The van der Waals surface area contributed by atoms with Gasteiger partial charge in [0, 0.05) is 35.4 Å². The lowest BCUT2D eigenvalue weighted by Crippen LogP contribution is -2.08. The van der Waals surface area contributed by atoms with Crippen LogP contribution in [0.15, 0.2) is 63.2 Å². The van der Waals surface area contributed by atoms with Crippen LogP contribution in [-0.4, -0.2) is 0 Å². The van der Waals surface area contributed by atoms with Crippen molar-refractivity contribution in [1.29, 1.82) is 0 Å². The first kappa shape index (κ1) is 18.5. The molecule has 3 aromatic carbocycles. The number of halogens is 5. The van der Waals surface area contributed by atoms with Gasteiger partial charge in [0.15, 0.2) is 14.7 Å². The Hall–Kier alpha value is -2.34. The summed E-state index contributed by atoms with van der Waals surface area (Å²) in [6, 6.07) is 9.81. The van der Waals surface area contributed by atoms with Gasteiger partial charge in [0.2, 0.25) is 0 Å². The zero-order chi connectivity index (χ0) is 19.0. The predicted molar refractivity (Wildman–Crippen MR) is 90.8 cm³/mol. The highest BCUT2D eigenvalue weighted by Gasteiger charge is 2.32. The molecule has 3 rings (SSSR count). The Bertz CT molecular complexity index is 863. The normalized spacial score (nSPS) is 11.2. The molecule has 0 nitrogen and oxygen atoms in total. The van der Waals surface area contributed by atoms with Crippen LogP contribution in [0.2, 0.25) is 0 Å². The van der Waals surface area contributed by atoms with Crippen LogP contribution in [0.4, 0.5) is 22.0 Å². The highest BCUT2D eigenvalue weighted by molar-refractivity contribution is 7.97. The average Bonchev–Trinajstić information content (AvgIpc) is 2.59. The lowest BCUT2D eigenvalue weighted by molar-refractivity contribution is 0.561. The molecular formula is C20H14F5S+. The van der Waals surface area contributed by atoms with Crippen LogP contribution < -0.4 is 0 Å². The van der Waals surface area contributed by atoms with E-state index in [9.17, 15) is 22.0 Å². The van der Waals surface area contributed by atoms with Crippen molar-refractivity contribution >= 4 is 10.9 Å². The smallest absolute Gasteiger partial charge is 0.172 e. The second-order valence-electron chi connectivity index (χ2n) is 5.78. The quantitative estimate of drug-likeness (QED) is 0.380. The van der Waals surface area contributed by atoms with Gasteiger partial charge in [-0.1, -0.05) is 0 Å². The molecule has 0 fully saturated rings. The minimum absolute atomic E-state index is 0.141. The van der Waals surface area contributed by atoms with Gasteiger partial charge in [-0.25, -0.2) is 22.0 Å². The molecule has 0 aliphatic carbocycles. The van der Waals surface area contributed by atoms with Crippen LogP contribution in [0.3, 0.4) is 0 Å². The maximum Gasteiger partial charge on any atom is 0.172 e. The number of hydrogen-bond acceptors (Lipinski definition) is 0. The van der Waals surface area contributed by atoms with E-state index in [0.717, 1.165) is 24.3 Å². The van der Waals surface area contributed by atoms with Gasteiger partial charge in [0.05, 0.1) is 10.9 Å². The highest BCUT2D eigenvalue weighted by Crippen LogP contribution is 2.34. The minimum Gasteiger partial charge on any atom is -0.207 e. The molecule has 6 heteroatoms. The molecule has 0 radical (unpaired) electrons. The second kappa shape index (κ2) is 7.11. The molecule has 0 unspecified atom stereocenters. The molecule has 0 saturated heterocycles. The van der Waals surface area contributed by atoms with Gasteiger partial charge in [0.25, 0.3) is 0 Å². The molecule has 0 bridgehead atoms. The van der Waals surface area contributed by atoms with Gasteiger partial charge in [-0.3, -0.25) is 0 Å². The molecule has 134 valence electrons. The molecule has 0 saturated carbocycles. The van der Waals surface area contributed by atoms with E-state index in [1.54, 1.807) is 0 Å². The molecule has 0 atom stereocenters. The number of hydrogen-bond donors (Lipinski definition) is 0. The van der Waals surface area contributed by atoms with E-state index in [1.807, 2.05) is 0 Å². The van der Waals surface area contributed by atoms with Gasteiger partial charge in [-0.2, -0.15) is 0 Å². The summed E-state index contributed by atoms with van der Waals surface area (Å²) in [6.45, 7) is 2.60. The van der Waals surface area contributed by atoms with Crippen LogP contribution in [0.1, 0.15) is 11.1 Å². The third-order valence-corrected chi connectivity index (χ3v) is 6.19. The van der Waals surface area contributed by atoms with E-state index >= 15 is 0 Å². The average molecular weight is 381 g/mol. The third kappa shape index (κ3) is 3.46. The van der Waals surface area contributed by atoms with Crippen LogP contribution in [0.25, 0.3) is 0 Å². The van der Waals surface area contributed by atoms with E-state index in [-0.39, 0.29) is 20.9 Å². The van der Waals surface area contributed by atoms with Gasteiger partial charge in [0.1, 0.15) is 29.1 Å². The Morgan fingerprint density at radius 3 is 1.23 bits per heavy atom. The molecule has 0 N–H and O–H groups in total. The predicted octanol–water partition coefficient (Wildman–Crippen LogP) is 6.09. The van der Waals surface area contributed by atoms with Crippen molar-refractivity contribution in [1.82, 2.24) is 0 Å². The van der Waals surface area contributed by atoms with E-state index in [4.69, 9.17) is 0 Å². The fraction of sp³-hybridized carbons (Fsp3) is 0.100. The van der Waals surface area contributed by atoms with Gasteiger partial charge in [-0.05, 0) is 38.1 Å². The highest BCUT2D eigenvalue weighted by atomic mass is 32.2. The first-order valence-electron chi connectivity index (χ1n) is 7.69. The van der Waals surface area contributed by atoms with Crippen molar-refractivity contribution in [2.75, 3.05) is 0 Å². The topological polar surface area (TPSA) is 0 Å². The summed E-state index contributed by atoms with van der Waals surface area (Å²) in [4.78, 5) is 0.899. The number of rotatable bonds is 3. The molecule has 0 heterocycles. The van der Waals surface area contributed by atoms with Gasteiger partial charge >= 0.3 is 0 Å². The van der Waals surface area contributed by atoms with Crippen molar-refractivity contribution in [3.63, 3.8) is 0 Å². The van der Waals surface area contributed by atoms with E-state index in [2.05, 4.69) is 0 Å². The van der Waals surface area contributed by atoms with Crippen LogP contribution in [-0.2, 0) is 10.9 Å². The summed E-state index contributed by atoms with van der Waals surface area (Å²) in [5.41, 5.74) is -0.282. The summed E-state index contributed by atoms with van der Waals surface area (Å²) in [5.74, 6) is -3.51. The van der Waals surface area contributed by atoms with Gasteiger partial charge in [-0.15, -0.1) is 0 Å². The van der Waals surface area contributed by atoms with Crippen molar-refractivity contribution in [3.05, 3.63) is 88.7 Å². The Balaban J connectivity index is 2.25. The molecule has 26 heavy (non-hydrogen) atoms.